The van der Waals surface area contributed by atoms with E-state index in [1.54, 1.807) is 0 Å². The Hall–Kier alpha value is -3.04. The van der Waals surface area contributed by atoms with Crippen LogP contribution in [0.1, 0.15) is 38.8 Å². The Labute approximate surface area is 213 Å². The van der Waals surface area contributed by atoms with Gasteiger partial charge in [-0.05, 0) is 37.9 Å². The summed E-state index contributed by atoms with van der Waals surface area (Å²) in [4.78, 5) is 24.8. The summed E-state index contributed by atoms with van der Waals surface area (Å²) in [6.07, 6.45) is 2.04. The maximum absolute atomic E-state index is 5.63. The van der Waals surface area contributed by atoms with E-state index in [9.17, 15) is 0 Å². The van der Waals surface area contributed by atoms with E-state index in [-0.39, 0.29) is 0 Å². The van der Waals surface area contributed by atoms with E-state index < -0.39 is 0 Å². The molecule has 1 saturated heterocycles. The van der Waals surface area contributed by atoms with Crippen LogP contribution < -0.4 is 4.90 Å². The third-order valence-corrected chi connectivity index (χ3v) is 6.84. The van der Waals surface area contributed by atoms with Crippen LogP contribution in [0, 0.1) is 12.8 Å². The molecule has 9 heteroatoms. The smallest absolute Gasteiger partial charge is 0.239 e. The average molecular weight is 491 g/mol. The zero-order chi connectivity index (χ0) is 25.2. The highest BCUT2D eigenvalue weighted by Gasteiger charge is 2.24. The lowest BCUT2D eigenvalue weighted by atomic mass is 10.2. The molecule has 0 bridgehead atoms. The van der Waals surface area contributed by atoms with Crippen molar-refractivity contribution in [1.29, 1.82) is 0 Å². The number of aromatic nitrogens is 6. The van der Waals surface area contributed by atoms with E-state index in [0.29, 0.717) is 25.1 Å². The van der Waals surface area contributed by atoms with Gasteiger partial charge in [0.2, 0.25) is 5.95 Å². The van der Waals surface area contributed by atoms with E-state index >= 15 is 0 Å². The van der Waals surface area contributed by atoms with Gasteiger partial charge in [0.05, 0.1) is 24.2 Å². The zero-order valence-electron chi connectivity index (χ0n) is 22.2. The SMILES string of the molecule is CCCN(CCc1nc2c(N3CCOCC3)nc(-n3c(C)nc4ccccc43)nc2n1C)CC(C)C. The fourth-order valence-electron chi connectivity index (χ4n) is 5.18. The molecule has 0 amide bonds. The summed E-state index contributed by atoms with van der Waals surface area (Å²) < 4.78 is 9.83. The van der Waals surface area contributed by atoms with Crippen LogP contribution in [0.4, 0.5) is 5.82 Å². The van der Waals surface area contributed by atoms with E-state index in [1.807, 2.05) is 25.1 Å². The second-order valence-electron chi connectivity index (χ2n) is 10.1. The molecule has 4 heterocycles. The Morgan fingerprint density at radius 1 is 1.03 bits per heavy atom. The number of ether oxygens (including phenoxy) is 1. The predicted octanol–water partition coefficient (Wildman–Crippen LogP) is 3.76. The van der Waals surface area contributed by atoms with Crippen LogP contribution >= 0.6 is 0 Å². The molecular formula is C27H38N8O. The summed E-state index contributed by atoms with van der Waals surface area (Å²) >= 11 is 0. The van der Waals surface area contributed by atoms with Crippen LogP contribution in [0.5, 0.6) is 0 Å². The molecule has 0 unspecified atom stereocenters. The summed E-state index contributed by atoms with van der Waals surface area (Å²) in [5.74, 6) is 4.08. The molecule has 0 N–H and O–H groups in total. The molecule has 36 heavy (non-hydrogen) atoms. The van der Waals surface area contributed by atoms with Gasteiger partial charge in [0.1, 0.15) is 11.6 Å². The third kappa shape index (κ3) is 4.82. The second-order valence-corrected chi connectivity index (χ2v) is 10.1. The molecule has 1 aromatic carbocycles. The molecule has 0 radical (unpaired) electrons. The monoisotopic (exact) mass is 490 g/mol. The van der Waals surface area contributed by atoms with Crippen molar-refractivity contribution in [2.45, 2.75) is 40.5 Å². The minimum atomic E-state index is 0.636. The molecule has 0 aliphatic carbocycles. The third-order valence-electron chi connectivity index (χ3n) is 6.84. The van der Waals surface area contributed by atoms with Gasteiger partial charge in [-0.3, -0.25) is 4.57 Å². The fraction of sp³-hybridized carbons (Fsp3) is 0.556. The minimum absolute atomic E-state index is 0.636. The van der Waals surface area contributed by atoms with Gasteiger partial charge in [0.15, 0.2) is 17.0 Å². The summed E-state index contributed by atoms with van der Waals surface area (Å²) in [7, 11) is 2.08. The highest BCUT2D eigenvalue weighted by molar-refractivity contribution is 5.86. The number of anilines is 1. The van der Waals surface area contributed by atoms with Gasteiger partial charge in [-0.25, -0.2) is 9.97 Å². The van der Waals surface area contributed by atoms with E-state index in [2.05, 4.69) is 52.8 Å². The summed E-state index contributed by atoms with van der Waals surface area (Å²) in [6, 6.07) is 8.14. The maximum Gasteiger partial charge on any atom is 0.239 e. The Balaban J connectivity index is 1.59. The Morgan fingerprint density at radius 3 is 2.56 bits per heavy atom. The van der Waals surface area contributed by atoms with Crippen molar-refractivity contribution in [2.75, 3.05) is 50.8 Å². The topological polar surface area (TPSA) is 77.1 Å². The molecule has 192 valence electrons. The lowest BCUT2D eigenvalue weighted by Gasteiger charge is -2.28. The first-order valence-electron chi connectivity index (χ1n) is 13.2. The summed E-state index contributed by atoms with van der Waals surface area (Å²) in [5, 5.41) is 0. The van der Waals surface area contributed by atoms with Gasteiger partial charge in [-0.2, -0.15) is 9.97 Å². The van der Waals surface area contributed by atoms with Crippen molar-refractivity contribution in [3.63, 3.8) is 0 Å². The highest BCUT2D eigenvalue weighted by atomic mass is 16.5. The molecular weight excluding hydrogens is 452 g/mol. The van der Waals surface area contributed by atoms with Crippen molar-refractivity contribution in [3.8, 4) is 5.95 Å². The first-order chi connectivity index (χ1) is 17.5. The number of aryl methyl sites for hydroxylation is 2. The Bertz CT molecular complexity index is 1330. The number of hydrogen-bond donors (Lipinski definition) is 0. The summed E-state index contributed by atoms with van der Waals surface area (Å²) in [6.45, 7) is 15.0. The van der Waals surface area contributed by atoms with Crippen LogP contribution in [-0.4, -0.2) is 79.9 Å². The van der Waals surface area contributed by atoms with Gasteiger partial charge in [-0.1, -0.05) is 32.9 Å². The number of para-hydroxylation sites is 2. The van der Waals surface area contributed by atoms with Gasteiger partial charge in [0, 0.05) is 39.6 Å². The molecule has 3 aromatic heterocycles. The number of benzene rings is 1. The standard InChI is InChI=1S/C27H38N8O/c1-6-12-33(18-19(2)3)13-11-23-29-24-25(32(23)5)30-27(31-26(24)34-14-16-36-17-15-34)35-20(4)28-21-9-7-8-10-22(21)35/h7-10,19H,6,11-18H2,1-5H3. The molecule has 0 atom stereocenters. The molecule has 1 aliphatic heterocycles. The lowest BCUT2D eigenvalue weighted by Crippen LogP contribution is -2.37. The van der Waals surface area contributed by atoms with Crippen molar-refractivity contribution < 1.29 is 4.74 Å². The van der Waals surface area contributed by atoms with Gasteiger partial charge in [-0.15, -0.1) is 0 Å². The van der Waals surface area contributed by atoms with Crippen molar-refractivity contribution >= 4 is 28.0 Å². The number of fused-ring (bicyclic) bond motifs is 2. The Morgan fingerprint density at radius 2 is 1.81 bits per heavy atom. The van der Waals surface area contributed by atoms with E-state index in [1.165, 1.54) is 0 Å². The van der Waals surface area contributed by atoms with E-state index in [4.69, 9.17) is 24.7 Å². The predicted molar refractivity (Wildman–Crippen MR) is 144 cm³/mol. The van der Waals surface area contributed by atoms with Crippen molar-refractivity contribution in [1.82, 2.24) is 34.0 Å². The lowest BCUT2D eigenvalue weighted by molar-refractivity contribution is 0.122. The van der Waals surface area contributed by atoms with Crippen molar-refractivity contribution in [3.05, 3.63) is 35.9 Å². The number of imidazole rings is 2. The molecule has 9 nitrogen and oxygen atoms in total. The Kier molecular flexibility index (Phi) is 7.20. The van der Waals surface area contributed by atoms with Crippen LogP contribution in [0.25, 0.3) is 28.1 Å². The van der Waals surface area contributed by atoms with Gasteiger partial charge < -0.3 is 19.1 Å². The minimum Gasteiger partial charge on any atom is -0.378 e. The highest BCUT2D eigenvalue weighted by Crippen LogP contribution is 2.28. The van der Waals surface area contributed by atoms with Gasteiger partial charge >= 0.3 is 0 Å². The summed E-state index contributed by atoms with van der Waals surface area (Å²) in [5.41, 5.74) is 3.68. The maximum atomic E-state index is 5.63. The van der Waals surface area contributed by atoms with Crippen LogP contribution in [0.2, 0.25) is 0 Å². The van der Waals surface area contributed by atoms with Gasteiger partial charge in [0.25, 0.3) is 0 Å². The quantitative estimate of drug-likeness (QED) is 0.354. The second kappa shape index (κ2) is 10.5. The largest absolute Gasteiger partial charge is 0.378 e. The number of hydrogen-bond acceptors (Lipinski definition) is 7. The van der Waals surface area contributed by atoms with E-state index in [0.717, 1.165) is 85.2 Å². The molecule has 1 fully saturated rings. The van der Waals surface area contributed by atoms with Crippen LogP contribution in [0.3, 0.4) is 0 Å². The number of morpholine rings is 1. The first-order valence-corrected chi connectivity index (χ1v) is 13.2. The van der Waals surface area contributed by atoms with Crippen LogP contribution in [-0.2, 0) is 18.2 Å². The molecule has 4 aromatic rings. The molecule has 0 saturated carbocycles. The number of rotatable bonds is 9. The first kappa shape index (κ1) is 24.6. The normalized spacial score (nSPS) is 14.7. The fourth-order valence-corrected chi connectivity index (χ4v) is 5.18. The molecule has 1 aliphatic rings. The van der Waals surface area contributed by atoms with Crippen molar-refractivity contribution in [2.24, 2.45) is 13.0 Å². The average Bonchev–Trinajstić information content (AvgIpc) is 3.38. The molecule has 5 rings (SSSR count). The molecule has 0 spiro atoms. The number of nitrogens with zero attached hydrogens (tertiary/aromatic N) is 8. The van der Waals surface area contributed by atoms with Crippen LogP contribution in [0.15, 0.2) is 24.3 Å². The zero-order valence-corrected chi connectivity index (χ0v) is 22.2.